The van der Waals surface area contributed by atoms with Crippen LogP contribution in [0, 0.1) is 28.9 Å². The Morgan fingerprint density at radius 2 is 1.93 bits per heavy atom. The number of halogens is 2. The Morgan fingerprint density at radius 3 is 2.63 bits per heavy atom. The lowest BCUT2D eigenvalue weighted by molar-refractivity contribution is 0.400. The van der Waals surface area contributed by atoms with Crippen molar-refractivity contribution in [1.82, 2.24) is 14.7 Å². The lowest BCUT2D eigenvalue weighted by Gasteiger charge is -2.32. The van der Waals surface area contributed by atoms with Gasteiger partial charge in [-0.1, -0.05) is 0 Å². The molecule has 7 nitrogen and oxygen atoms in total. The maximum absolute atomic E-state index is 13.7. The van der Waals surface area contributed by atoms with Gasteiger partial charge in [0.1, 0.15) is 22.6 Å². The van der Waals surface area contributed by atoms with Gasteiger partial charge >= 0.3 is 0 Å². The molecular weight excluding hydrogens is 376 g/mol. The van der Waals surface area contributed by atoms with E-state index in [2.05, 4.69) is 14.7 Å². The van der Waals surface area contributed by atoms with Crippen LogP contribution in [0.3, 0.4) is 0 Å². The van der Waals surface area contributed by atoms with E-state index in [0.29, 0.717) is 37.8 Å². The van der Waals surface area contributed by atoms with E-state index in [1.54, 1.807) is 0 Å². The van der Waals surface area contributed by atoms with Gasteiger partial charge in [-0.05, 0) is 37.0 Å². The maximum atomic E-state index is 13.7. The van der Waals surface area contributed by atoms with Crippen LogP contribution in [0.2, 0.25) is 0 Å². The van der Waals surface area contributed by atoms with Crippen LogP contribution in [0.4, 0.5) is 14.6 Å². The molecule has 10 heteroatoms. The molecule has 1 aromatic carbocycles. The van der Waals surface area contributed by atoms with Crippen LogP contribution in [0.5, 0.6) is 0 Å². The topological polar surface area (TPSA) is 99.0 Å². The molecule has 3 rings (SSSR count). The number of nitriles is 1. The standard InChI is InChI=1S/C17H17F2N5O2S/c18-13-1-2-14(19)16(9-13)27(25,26)23-11-12-3-7-24(8-4-12)17-15(10-20)21-5-6-22-17/h1-2,5-6,9,12,23H,3-4,7-8,11H2. The summed E-state index contributed by atoms with van der Waals surface area (Å²) in [6.45, 7) is 1.31. The molecule has 0 atom stereocenters. The smallest absolute Gasteiger partial charge is 0.243 e. The predicted octanol–water partition coefficient (Wildman–Crippen LogP) is 1.82. The number of nitrogens with one attached hydrogen (secondary N) is 1. The Balaban J connectivity index is 1.60. The Labute approximate surface area is 155 Å². The van der Waals surface area contributed by atoms with Crippen molar-refractivity contribution < 1.29 is 17.2 Å². The molecule has 0 aliphatic carbocycles. The predicted molar refractivity (Wildman–Crippen MR) is 93.2 cm³/mol. The van der Waals surface area contributed by atoms with Crippen molar-refractivity contribution in [2.45, 2.75) is 17.7 Å². The lowest BCUT2D eigenvalue weighted by atomic mass is 9.97. The van der Waals surface area contributed by atoms with E-state index in [1.165, 1.54) is 12.4 Å². The zero-order valence-corrected chi connectivity index (χ0v) is 15.1. The fourth-order valence-electron chi connectivity index (χ4n) is 2.98. The third kappa shape index (κ3) is 4.37. The number of hydrogen-bond acceptors (Lipinski definition) is 6. The average Bonchev–Trinajstić information content (AvgIpc) is 2.68. The number of nitrogens with zero attached hydrogens (tertiary/aromatic N) is 4. The van der Waals surface area contributed by atoms with Crippen molar-refractivity contribution in [3.63, 3.8) is 0 Å². The van der Waals surface area contributed by atoms with Crippen LogP contribution in [0.1, 0.15) is 18.5 Å². The summed E-state index contributed by atoms with van der Waals surface area (Å²) in [6.07, 6.45) is 4.30. The zero-order chi connectivity index (χ0) is 19.4. The van der Waals surface area contributed by atoms with E-state index >= 15 is 0 Å². The molecule has 0 unspecified atom stereocenters. The van der Waals surface area contributed by atoms with Crippen molar-refractivity contribution in [1.29, 1.82) is 5.26 Å². The second-order valence-corrected chi connectivity index (χ2v) is 7.93. The highest BCUT2D eigenvalue weighted by Gasteiger charge is 2.25. The van der Waals surface area contributed by atoms with Gasteiger partial charge < -0.3 is 4.90 Å². The summed E-state index contributed by atoms with van der Waals surface area (Å²) in [5, 5.41) is 9.11. The number of aromatic nitrogens is 2. The van der Waals surface area contributed by atoms with E-state index in [4.69, 9.17) is 5.26 Å². The minimum absolute atomic E-state index is 0.0369. The maximum Gasteiger partial charge on any atom is 0.243 e. The summed E-state index contributed by atoms with van der Waals surface area (Å²) in [7, 11) is -4.13. The van der Waals surface area contributed by atoms with Crippen molar-refractivity contribution in [3.8, 4) is 6.07 Å². The first kappa shape index (κ1) is 19.1. The minimum atomic E-state index is -4.13. The molecular formula is C17H17F2N5O2S. The van der Waals surface area contributed by atoms with Gasteiger partial charge in [0.2, 0.25) is 10.0 Å². The quantitative estimate of drug-likeness (QED) is 0.832. The van der Waals surface area contributed by atoms with Crippen molar-refractivity contribution >= 4 is 15.8 Å². The zero-order valence-electron chi connectivity index (χ0n) is 14.3. The third-order valence-electron chi connectivity index (χ3n) is 4.44. The highest BCUT2D eigenvalue weighted by Crippen LogP contribution is 2.23. The molecule has 27 heavy (non-hydrogen) atoms. The van der Waals surface area contributed by atoms with Gasteiger partial charge in [0.25, 0.3) is 0 Å². The molecule has 1 saturated heterocycles. The fraction of sp³-hybridized carbons (Fsp3) is 0.353. The summed E-state index contributed by atoms with van der Waals surface area (Å²) in [5.74, 6) is -1.26. The first-order valence-electron chi connectivity index (χ1n) is 8.31. The molecule has 0 spiro atoms. The first-order chi connectivity index (χ1) is 12.9. The summed E-state index contributed by atoms with van der Waals surface area (Å²) in [4.78, 5) is 9.42. The minimum Gasteiger partial charge on any atom is -0.354 e. The van der Waals surface area contributed by atoms with E-state index in [0.717, 1.165) is 12.1 Å². The lowest BCUT2D eigenvalue weighted by Crippen LogP contribution is -2.39. The van der Waals surface area contributed by atoms with E-state index in [9.17, 15) is 17.2 Å². The highest BCUT2D eigenvalue weighted by atomic mass is 32.2. The van der Waals surface area contributed by atoms with Crippen LogP contribution < -0.4 is 9.62 Å². The molecule has 1 N–H and O–H groups in total. The molecule has 0 saturated carbocycles. The van der Waals surface area contributed by atoms with E-state index in [1.807, 2.05) is 11.0 Å². The molecule has 0 radical (unpaired) electrons. The van der Waals surface area contributed by atoms with Gasteiger partial charge in [-0.15, -0.1) is 0 Å². The van der Waals surface area contributed by atoms with Crippen LogP contribution in [0.15, 0.2) is 35.5 Å². The molecule has 1 fully saturated rings. The Kier molecular flexibility index (Phi) is 5.62. The summed E-state index contributed by atoms with van der Waals surface area (Å²) >= 11 is 0. The molecule has 2 heterocycles. The molecule has 1 aliphatic rings. The molecule has 1 aromatic heterocycles. The SMILES string of the molecule is N#Cc1nccnc1N1CCC(CNS(=O)(=O)c2cc(F)ccc2F)CC1. The normalized spacial score (nSPS) is 15.5. The molecule has 142 valence electrons. The fourth-order valence-corrected chi connectivity index (χ4v) is 4.18. The number of anilines is 1. The van der Waals surface area contributed by atoms with E-state index in [-0.39, 0.29) is 18.2 Å². The largest absolute Gasteiger partial charge is 0.354 e. The number of rotatable bonds is 5. The number of piperidine rings is 1. The number of benzene rings is 1. The number of hydrogen-bond donors (Lipinski definition) is 1. The van der Waals surface area contributed by atoms with Gasteiger partial charge in [-0.2, -0.15) is 5.26 Å². The van der Waals surface area contributed by atoms with Gasteiger partial charge in [0.05, 0.1) is 0 Å². The van der Waals surface area contributed by atoms with Crippen molar-refractivity contribution in [2.75, 3.05) is 24.5 Å². The molecule has 0 amide bonds. The van der Waals surface area contributed by atoms with Crippen molar-refractivity contribution in [3.05, 3.63) is 47.9 Å². The molecule has 2 aromatic rings. The average molecular weight is 393 g/mol. The molecule has 0 bridgehead atoms. The first-order valence-corrected chi connectivity index (χ1v) is 9.80. The van der Waals surface area contributed by atoms with Gasteiger partial charge in [0.15, 0.2) is 11.5 Å². The highest BCUT2D eigenvalue weighted by molar-refractivity contribution is 7.89. The second kappa shape index (κ2) is 7.94. The van der Waals surface area contributed by atoms with Crippen LogP contribution >= 0.6 is 0 Å². The van der Waals surface area contributed by atoms with E-state index < -0.39 is 26.6 Å². The van der Waals surface area contributed by atoms with Gasteiger partial charge in [-0.25, -0.2) is 31.9 Å². The van der Waals surface area contributed by atoms with Crippen LogP contribution in [0.25, 0.3) is 0 Å². The van der Waals surface area contributed by atoms with Crippen LogP contribution in [-0.4, -0.2) is 38.0 Å². The second-order valence-electron chi connectivity index (χ2n) is 6.20. The summed E-state index contributed by atoms with van der Waals surface area (Å²) in [5.41, 5.74) is 0.248. The monoisotopic (exact) mass is 393 g/mol. The number of sulfonamides is 1. The van der Waals surface area contributed by atoms with Crippen molar-refractivity contribution in [2.24, 2.45) is 5.92 Å². The van der Waals surface area contributed by atoms with Gasteiger partial charge in [0, 0.05) is 32.0 Å². The molecule has 1 aliphatic heterocycles. The Morgan fingerprint density at radius 1 is 1.22 bits per heavy atom. The third-order valence-corrected chi connectivity index (χ3v) is 5.88. The Bertz CT molecular complexity index is 970. The summed E-state index contributed by atoms with van der Waals surface area (Å²) in [6, 6.07) is 4.32. The van der Waals surface area contributed by atoms with Gasteiger partial charge in [-0.3, -0.25) is 0 Å². The Hall–Kier alpha value is -2.64. The summed E-state index contributed by atoms with van der Waals surface area (Å²) < 4.78 is 53.8. The van der Waals surface area contributed by atoms with Crippen LogP contribution in [-0.2, 0) is 10.0 Å².